The highest BCUT2D eigenvalue weighted by atomic mass is 32.2. The van der Waals surface area contributed by atoms with Crippen LogP contribution in [0, 0.1) is 0 Å². The molecule has 32 heavy (non-hydrogen) atoms. The predicted molar refractivity (Wildman–Crippen MR) is 108 cm³/mol. The highest BCUT2D eigenvalue weighted by molar-refractivity contribution is 7.91. The van der Waals surface area contributed by atoms with Crippen LogP contribution in [0.5, 0.6) is 0 Å². The molecule has 3 aromatic rings. The molecule has 0 amide bonds. The normalized spacial score (nSPS) is 18.9. The summed E-state index contributed by atoms with van der Waals surface area (Å²) in [5.41, 5.74) is -1.97. The average molecular weight is 478 g/mol. The van der Waals surface area contributed by atoms with Gasteiger partial charge in [-0.15, -0.1) is 0 Å². The summed E-state index contributed by atoms with van der Waals surface area (Å²) in [5.74, 6) is 0. The zero-order valence-corrected chi connectivity index (χ0v) is 17.8. The number of benzene rings is 2. The quantitative estimate of drug-likeness (QED) is 0.492. The Morgan fingerprint density at radius 3 is 2.25 bits per heavy atom. The molecule has 174 valence electrons. The Bertz CT molecular complexity index is 1280. The summed E-state index contributed by atoms with van der Waals surface area (Å²) in [7, 11) is -4.43. The van der Waals surface area contributed by atoms with E-state index in [1.807, 2.05) is 0 Å². The van der Waals surface area contributed by atoms with E-state index in [2.05, 4.69) is 5.32 Å². The maximum atomic E-state index is 13.7. The van der Waals surface area contributed by atoms with E-state index in [9.17, 15) is 34.8 Å². The predicted octanol–water partition coefficient (Wildman–Crippen LogP) is 5.55. The summed E-state index contributed by atoms with van der Waals surface area (Å²) in [6, 6.07) is 4.50. The number of nitrogens with zero attached hydrogens (tertiary/aromatic N) is 1. The van der Waals surface area contributed by atoms with Gasteiger partial charge >= 0.3 is 12.4 Å². The molecule has 1 aliphatic rings. The van der Waals surface area contributed by atoms with Crippen LogP contribution >= 0.6 is 0 Å². The highest BCUT2D eigenvalue weighted by Crippen LogP contribution is 2.45. The van der Waals surface area contributed by atoms with Crippen molar-refractivity contribution in [2.75, 3.05) is 19.3 Å². The summed E-state index contributed by atoms with van der Waals surface area (Å²) in [6.45, 7) is 1.38. The van der Waals surface area contributed by atoms with Gasteiger partial charge < -0.3 is 9.88 Å². The van der Waals surface area contributed by atoms with E-state index in [-0.39, 0.29) is 27.8 Å². The Hall–Kier alpha value is -2.27. The van der Waals surface area contributed by atoms with Gasteiger partial charge in [-0.3, -0.25) is 0 Å². The zero-order valence-electron chi connectivity index (χ0n) is 16.9. The fourth-order valence-corrected chi connectivity index (χ4v) is 5.71. The van der Waals surface area contributed by atoms with Crippen LogP contribution < -0.4 is 5.32 Å². The van der Waals surface area contributed by atoms with E-state index in [4.69, 9.17) is 0 Å². The van der Waals surface area contributed by atoms with Crippen LogP contribution in [0.4, 0.5) is 26.3 Å². The van der Waals surface area contributed by atoms with Gasteiger partial charge in [0.05, 0.1) is 21.5 Å². The average Bonchev–Trinajstić information content (AvgIpc) is 2.81. The summed E-state index contributed by atoms with van der Waals surface area (Å²) in [6.07, 6.45) is -7.05. The number of nitrogens with one attached hydrogen (secondary N) is 1. The van der Waals surface area contributed by atoms with Gasteiger partial charge in [-0.2, -0.15) is 26.3 Å². The van der Waals surface area contributed by atoms with Gasteiger partial charge in [-0.25, -0.2) is 8.42 Å². The molecule has 0 bridgehead atoms. The second-order valence-electron chi connectivity index (χ2n) is 8.04. The molecule has 2 aromatic carbocycles. The molecule has 2 heterocycles. The highest BCUT2D eigenvalue weighted by Gasteiger charge is 2.39. The number of hydrogen-bond donors (Lipinski definition) is 1. The first-order valence-electron chi connectivity index (χ1n) is 9.96. The second-order valence-corrected chi connectivity index (χ2v) is 9.99. The topological polar surface area (TPSA) is 51.1 Å². The van der Waals surface area contributed by atoms with E-state index in [1.54, 1.807) is 4.57 Å². The van der Waals surface area contributed by atoms with Crippen LogP contribution in [0.25, 0.3) is 21.8 Å². The van der Waals surface area contributed by atoms with Crippen LogP contribution in [0.3, 0.4) is 0 Å². The molecule has 4 nitrogen and oxygen atoms in total. The molecule has 1 N–H and O–H groups in total. The minimum absolute atomic E-state index is 0.154. The Balaban J connectivity index is 2.20. The first-order chi connectivity index (χ1) is 14.8. The molecular formula is C21H20F6N2O2S. The summed E-state index contributed by atoms with van der Waals surface area (Å²) >= 11 is 0. The van der Waals surface area contributed by atoms with Crippen LogP contribution in [0.1, 0.15) is 36.4 Å². The van der Waals surface area contributed by atoms with Gasteiger partial charge in [-0.05, 0) is 62.7 Å². The van der Waals surface area contributed by atoms with Crippen molar-refractivity contribution in [3.8, 4) is 0 Å². The van der Waals surface area contributed by atoms with Crippen LogP contribution in [0.2, 0.25) is 0 Å². The van der Waals surface area contributed by atoms with Crippen molar-refractivity contribution in [3.63, 3.8) is 0 Å². The Morgan fingerprint density at radius 2 is 1.62 bits per heavy atom. The summed E-state index contributed by atoms with van der Waals surface area (Å²) < 4.78 is 108. The third kappa shape index (κ3) is 3.96. The SMILES string of the molecule is CS(=O)(=O)c1c(C(F)(F)F)ccc2c1c1cc(C(F)(F)F)ccc1n2[C@@H]1CCCNCC1. The van der Waals surface area contributed by atoms with Crippen molar-refractivity contribution in [3.05, 3.63) is 41.5 Å². The van der Waals surface area contributed by atoms with Crippen molar-refractivity contribution in [2.45, 2.75) is 42.6 Å². The lowest BCUT2D eigenvalue weighted by Crippen LogP contribution is -2.15. The minimum Gasteiger partial charge on any atom is -0.337 e. The fourth-order valence-electron chi connectivity index (χ4n) is 4.55. The molecule has 0 unspecified atom stereocenters. The molecule has 1 atom stereocenters. The van der Waals surface area contributed by atoms with Gasteiger partial charge in [0, 0.05) is 28.6 Å². The molecular weight excluding hydrogens is 458 g/mol. The Kier molecular flexibility index (Phi) is 5.48. The second kappa shape index (κ2) is 7.65. The van der Waals surface area contributed by atoms with E-state index in [1.165, 1.54) is 12.1 Å². The molecule has 1 aliphatic heterocycles. The lowest BCUT2D eigenvalue weighted by molar-refractivity contribution is -0.140. The first-order valence-corrected chi connectivity index (χ1v) is 11.8. The lowest BCUT2D eigenvalue weighted by Gasteiger charge is -2.20. The number of fused-ring (bicyclic) bond motifs is 3. The van der Waals surface area contributed by atoms with E-state index >= 15 is 0 Å². The number of hydrogen-bond acceptors (Lipinski definition) is 3. The maximum Gasteiger partial charge on any atom is 0.417 e. The smallest absolute Gasteiger partial charge is 0.337 e. The molecule has 0 spiro atoms. The van der Waals surface area contributed by atoms with E-state index < -0.39 is 38.2 Å². The number of halogens is 6. The number of rotatable bonds is 2. The standard InChI is InChI=1S/C21H20F6N2O2S/c1-32(30,31)19-15(21(25,26)27)5-7-17-18(19)14-11-12(20(22,23)24)4-6-16(14)29(17)13-3-2-9-28-10-8-13/h4-7,11,13,28H,2-3,8-10H2,1H3/t13-/m1/s1. The van der Waals surface area contributed by atoms with Gasteiger partial charge in [0.25, 0.3) is 0 Å². The third-order valence-electron chi connectivity index (χ3n) is 5.83. The van der Waals surface area contributed by atoms with Gasteiger partial charge in [0.1, 0.15) is 0 Å². The molecule has 1 aromatic heterocycles. The van der Waals surface area contributed by atoms with Gasteiger partial charge in [-0.1, -0.05) is 0 Å². The molecule has 0 radical (unpaired) electrons. The van der Waals surface area contributed by atoms with Crippen molar-refractivity contribution in [1.29, 1.82) is 0 Å². The molecule has 1 fully saturated rings. The summed E-state index contributed by atoms with van der Waals surface area (Å²) in [4.78, 5) is -0.989. The van der Waals surface area contributed by atoms with Crippen molar-refractivity contribution >= 4 is 31.6 Å². The molecule has 0 saturated carbocycles. The number of alkyl halides is 6. The molecule has 0 aliphatic carbocycles. The Morgan fingerprint density at radius 1 is 0.938 bits per heavy atom. The molecule has 11 heteroatoms. The van der Waals surface area contributed by atoms with Gasteiger partial charge in [0.15, 0.2) is 9.84 Å². The van der Waals surface area contributed by atoms with Crippen LogP contribution in [0.15, 0.2) is 35.2 Å². The monoisotopic (exact) mass is 478 g/mol. The lowest BCUT2D eigenvalue weighted by atomic mass is 10.1. The summed E-state index contributed by atoms with van der Waals surface area (Å²) in [5, 5.41) is 2.75. The molecule has 1 saturated heterocycles. The largest absolute Gasteiger partial charge is 0.417 e. The maximum absolute atomic E-state index is 13.7. The van der Waals surface area contributed by atoms with Gasteiger partial charge in [0.2, 0.25) is 0 Å². The number of sulfone groups is 1. The van der Waals surface area contributed by atoms with E-state index in [0.717, 1.165) is 25.1 Å². The fraction of sp³-hybridized carbons (Fsp3) is 0.429. The first kappa shape index (κ1) is 22.9. The van der Waals surface area contributed by atoms with Crippen LogP contribution in [-0.4, -0.2) is 32.3 Å². The van der Waals surface area contributed by atoms with E-state index in [0.29, 0.717) is 31.7 Å². The van der Waals surface area contributed by atoms with Crippen LogP contribution in [-0.2, 0) is 22.2 Å². The third-order valence-corrected chi connectivity index (χ3v) is 7.00. The zero-order chi connectivity index (χ0) is 23.5. The van der Waals surface area contributed by atoms with Crippen molar-refractivity contribution < 1.29 is 34.8 Å². The molecule has 4 rings (SSSR count). The minimum atomic E-state index is -4.99. The Labute approximate surface area is 180 Å². The number of aromatic nitrogens is 1. The van der Waals surface area contributed by atoms with Crippen molar-refractivity contribution in [1.82, 2.24) is 9.88 Å². The van der Waals surface area contributed by atoms with Crippen molar-refractivity contribution in [2.24, 2.45) is 0 Å².